The first-order valence-corrected chi connectivity index (χ1v) is 7.86. The van der Waals surface area contributed by atoms with Crippen LogP contribution < -0.4 is 0 Å². The van der Waals surface area contributed by atoms with E-state index >= 15 is 0 Å². The molecule has 0 aliphatic heterocycles. The first-order chi connectivity index (χ1) is 10.7. The van der Waals surface area contributed by atoms with Crippen molar-refractivity contribution in [1.82, 2.24) is 0 Å². The van der Waals surface area contributed by atoms with E-state index in [0.29, 0.717) is 0 Å². The van der Waals surface area contributed by atoms with Gasteiger partial charge in [0.1, 0.15) is 0 Å². The molecule has 4 aromatic rings. The largest absolute Gasteiger partial charge is 2.00 e. The molecule has 4 aromatic carbocycles. The molecule has 4 rings (SSSR count). The molecule has 0 spiro atoms. The van der Waals surface area contributed by atoms with Gasteiger partial charge >= 0.3 is 20.4 Å². The standard InChI is InChI=1S/2C10H8S.Pd/c2*11-10-6-5-8-3-1-2-4-9(8)7-10;/h2*1-7,11H;/q;;+2/p-2. The van der Waals surface area contributed by atoms with Crippen LogP contribution in [-0.4, -0.2) is 0 Å². The molecule has 0 heterocycles. The van der Waals surface area contributed by atoms with Gasteiger partial charge in [0.25, 0.3) is 0 Å². The van der Waals surface area contributed by atoms with Gasteiger partial charge in [0.05, 0.1) is 0 Å². The molecule has 116 valence electrons. The maximum atomic E-state index is 5.04. The molecular weight excluding hydrogens is 411 g/mol. The maximum absolute atomic E-state index is 5.04. The van der Waals surface area contributed by atoms with Gasteiger partial charge in [-0.1, -0.05) is 84.9 Å². The molecule has 0 unspecified atom stereocenters. The van der Waals surface area contributed by atoms with E-state index in [4.69, 9.17) is 25.3 Å². The van der Waals surface area contributed by atoms with E-state index in [2.05, 4.69) is 36.4 Å². The SMILES string of the molecule is [Pd+2].[S-]c1ccc2ccccc2c1.[S-]c1ccc2ccccc2c1. The molecule has 0 atom stereocenters. The van der Waals surface area contributed by atoms with Crippen LogP contribution in [0.15, 0.2) is 94.7 Å². The van der Waals surface area contributed by atoms with Gasteiger partial charge in [-0.2, -0.15) is 9.79 Å². The average Bonchev–Trinajstić information content (AvgIpc) is 2.55. The summed E-state index contributed by atoms with van der Waals surface area (Å²) in [5, 5.41) is 4.95. The van der Waals surface area contributed by atoms with Crippen molar-refractivity contribution in [2.45, 2.75) is 9.79 Å². The summed E-state index contributed by atoms with van der Waals surface area (Å²) in [7, 11) is 0. The zero-order chi connectivity index (χ0) is 15.4. The molecule has 23 heavy (non-hydrogen) atoms. The van der Waals surface area contributed by atoms with Gasteiger partial charge in [-0.05, 0) is 21.5 Å². The van der Waals surface area contributed by atoms with Gasteiger partial charge in [-0.15, -0.1) is 0 Å². The second kappa shape index (κ2) is 8.38. The van der Waals surface area contributed by atoms with E-state index in [1.54, 1.807) is 0 Å². The fourth-order valence-electron chi connectivity index (χ4n) is 2.33. The number of hydrogen-bond donors (Lipinski definition) is 0. The Bertz CT molecular complexity index is 842. The van der Waals surface area contributed by atoms with Crippen molar-refractivity contribution in [2.75, 3.05) is 0 Å². The van der Waals surface area contributed by atoms with E-state index in [-0.39, 0.29) is 20.4 Å². The van der Waals surface area contributed by atoms with Gasteiger partial charge in [-0.3, -0.25) is 0 Å². The molecule has 0 fully saturated rings. The number of fused-ring (bicyclic) bond motifs is 2. The summed E-state index contributed by atoms with van der Waals surface area (Å²) >= 11 is 10.1. The van der Waals surface area contributed by atoms with Crippen LogP contribution in [0.2, 0.25) is 0 Å². The van der Waals surface area contributed by atoms with Crippen LogP contribution in [0.5, 0.6) is 0 Å². The minimum absolute atomic E-state index is 0. The van der Waals surface area contributed by atoms with Crippen LogP contribution in [0.3, 0.4) is 0 Å². The average molecular weight is 425 g/mol. The van der Waals surface area contributed by atoms with Crippen molar-refractivity contribution >= 4 is 46.8 Å². The molecule has 0 aliphatic carbocycles. The maximum Gasteiger partial charge on any atom is 2.00 e. The quantitative estimate of drug-likeness (QED) is 0.270. The first-order valence-electron chi connectivity index (χ1n) is 7.04. The van der Waals surface area contributed by atoms with Gasteiger partial charge in [-0.25, -0.2) is 0 Å². The molecule has 0 nitrogen and oxygen atoms in total. The molecule has 0 amide bonds. The summed E-state index contributed by atoms with van der Waals surface area (Å²) < 4.78 is 0. The zero-order valence-electron chi connectivity index (χ0n) is 12.2. The minimum atomic E-state index is 0. The van der Waals surface area contributed by atoms with Crippen molar-refractivity contribution in [3.05, 3.63) is 84.9 Å². The second-order valence-electron chi connectivity index (χ2n) is 5.02. The normalized spacial score (nSPS) is 9.74. The van der Waals surface area contributed by atoms with Crippen molar-refractivity contribution in [3.63, 3.8) is 0 Å². The fraction of sp³-hybridized carbons (Fsp3) is 0. The molecule has 0 radical (unpaired) electrons. The van der Waals surface area contributed by atoms with E-state index < -0.39 is 0 Å². The van der Waals surface area contributed by atoms with Gasteiger partial charge < -0.3 is 25.3 Å². The third-order valence-electron chi connectivity index (χ3n) is 3.44. The minimum Gasteiger partial charge on any atom is -0.780 e. The zero-order valence-corrected chi connectivity index (χ0v) is 15.4. The Hall–Kier alpha value is -1.50. The second-order valence-corrected chi connectivity index (χ2v) is 5.96. The van der Waals surface area contributed by atoms with Crippen LogP contribution in [0.1, 0.15) is 0 Å². The van der Waals surface area contributed by atoms with Crippen LogP contribution in [0.25, 0.3) is 21.5 Å². The Morgan fingerprint density at radius 2 is 0.783 bits per heavy atom. The summed E-state index contributed by atoms with van der Waals surface area (Å²) in [4.78, 5) is 1.81. The Labute approximate surface area is 161 Å². The summed E-state index contributed by atoms with van der Waals surface area (Å²) in [5.41, 5.74) is 0. The molecule has 0 bridgehead atoms. The topological polar surface area (TPSA) is 0 Å². The predicted octanol–water partition coefficient (Wildman–Crippen LogP) is 5.49. The van der Waals surface area contributed by atoms with Crippen molar-refractivity contribution in [2.24, 2.45) is 0 Å². The van der Waals surface area contributed by atoms with Gasteiger partial charge in [0.2, 0.25) is 0 Å². The Kier molecular flexibility index (Phi) is 6.50. The summed E-state index contributed by atoms with van der Waals surface area (Å²) in [5.74, 6) is 0. The first kappa shape index (κ1) is 17.8. The van der Waals surface area contributed by atoms with E-state index in [1.807, 2.05) is 48.5 Å². The van der Waals surface area contributed by atoms with Crippen LogP contribution in [-0.2, 0) is 45.7 Å². The molecule has 0 N–H and O–H groups in total. The molecule has 3 heteroatoms. The van der Waals surface area contributed by atoms with Crippen molar-refractivity contribution in [1.29, 1.82) is 0 Å². The van der Waals surface area contributed by atoms with E-state index in [1.165, 1.54) is 21.5 Å². The monoisotopic (exact) mass is 424 g/mol. The number of benzene rings is 4. The summed E-state index contributed by atoms with van der Waals surface area (Å²) in [6.45, 7) is 0. The smallest absolute Gasteiger partial charge is 0.780 e. The van der Waals surface area contributed by atoms with Crippen molar-refractivity contribution in [3.8, 4) is 0 Å². The third-order valence-corrected chi connectivity index (χ3v) is 3.95. The molecule has 0 aromatic heterocycles. The Morgan fingerprint density at radius 1 is 0.435 bits per heavy atom. The van der Waals surface area contributed by atoms with Crippen LogP contribution >= 0.6 is 0 Å². The van der Waals surface area contributed by atoms with Crippen LogP contribution in [0.4, 0.5) is 0 Å². The molecule has 0 aliphatic rings. The fourth-order valence-corrected chi connectivity index (χ4v) is 2.72. The third kappa shape index (κ3) is 4.73. The molecular formula is C20H14PdS2. The van der Waals surface area contributed by atoms with Crippen molar-refractivity contribution < 1.29 is 20.4 Å². The van der Waals surface area contributed by atoms with Gasteiger partial charge in [0, 0.05) is 0 Å². The Morgan fingerprint density at radius 3 is 1.17 bits per heavy atom. The number of hydrogen-bond acceptors (Lipinski definition) is 2. The van der Waals surface area contributed by atoms with Gasteiger partial charge in [0.15, 0.2) is 0 Å². The Balaban J connectivity index is 0.000000160. The van der Waals surface area contributed by atoms with Crippen LogP contribution in [0, 0.1) is 0 Å². The van der Waals surface area contributed by atoms with E-state index in [0.717, 1.165) is 9.79 Å². The predicted molar refractivity (Wildman–Crippen MR) is 99.2 cm³/mol. The summed E-state index contributed by atoms with van der Waals surface area (Å²) in [6.07, 6.45) is 0. The summed E-state index contributed by atoms with van der Waals surface area (Å²) in [6, 6.07) is 28.5. The number of rotatable bonds is 0. The van der Waals surface area contributed by atoms with E-state index in [9.17, 15) is 0 Å². The molecule has 0 saturated heterocycles. The molecule has 0 saturated carbocycles.